The van der Waals surface area contributed by atoms with E-state index in [0.29, 0.717) is 27.1 Å². The summed E-state index contributed by atoms with van der Waals surface area (Å²) in [6, 6.07) is 8.94. The number of carbonyl (C=O) groups excluding carboxylic acids is 1. The van der Waals surface area contributed by atoms with Gasteiger partial charge in [-0.1, -0.05) is 17.4 Å². The number of rotatable bonds is 4. The Balaban J connectivity index is 1.74. The smallest absolute Gasteiger partial charge is 0.388 e. The summed E-state index contributed by atoms with van der Waals surface area (Å²) in [4.78, 5) is 24.5. The van der Waals surface area contributed by atoms with Crippen molar-refractivity contribution in [1.82, 2.24) is 15.0 Å². The summed E-state index contributed by atoms with van der Waals surface area (Å²) >= 11 is 1.32. The molecular weight excluding hydrogens is 352 g/mol. The zero-order valence-corrected chi connectivity index (χ0v) is 14.8. The van der Waals surface area contributed by atoms with Crippen LogP contribution in [-0.4, -0.2) is 21.0 Å². The van der Waals surface area contributed by atoms with Crippen LogP contribution in [0.5, 0.6) is 5.88 Å². The predicted molar refractivity (Wildman–Crippen MR) is 97.7 cm³/mol. The van der Waals surface area contributed by atoms with Crippen LogP contribution in [0, 0.1) is 25.2 Å². The van der Waals surface area contributed by atoms with Crippen molar-refractivity contribution in [2.45, 2.75) is 13.8 Å². The van der Waals surface area contributed by atoms with Crippen LogP contribution in [0.4, 0.5) is 21.3 Å². The second-order valence-corrected chi connectivity index (χ2v) is 6.45. The third-order valence-corrected chi connectivity index (χ3v) is 4.00. The maximum atomic E-state index is 12.1. The van der Waals surface area contributed by atoms with Crippen molar-refractivity contribution in [1.29, 1.82) is 5.26 Å². The van der Waals surface area contributed by atoms with Crippen molar-refractivity contribution < 1.29 is 9.53 Å². The van der Waals surface area contributed by atoms with Crippen molar-refractivity contribution in [3.05, 3.63) is 52.9 Å². The largest absolute Gasteiger partial charge is 0.419 e. The Morgan fingerprint density at radius 1 is 1.27 bits per heavy atom. The van der Waals surface area contributed by atoms with Gasteiger partial charge in [0.15, 0.2) is 5.00 Å². The summed E-state index contributed by atoms with van der Waals surface area (Å²) in [5.74, 6) is 0.530. The van der Waals surface area contributed by atoms with E-state index in [1.807, 2.05) is 19.1 Å². The topological polar surface area (TPSA) is 113 Å². The van der Waals surface area contributed by atoms with E-state index in [1.165, 1.54) is 17.5 Å². The molecule has 8 nitrogen and oxygen atoms in total. The van der Waals surface area contributed by atoms with Gasteiger partial charge in [-0.05, 0) is 32.0 Å². The standard InChI is InChI=1S/C17H14N6O2S/c1-10-4-3-5-14(20-10)23-17(24)25-15-16(26-11(2)21-15)22-13-6-12(7-18)8-19-9-13/h3-6,8-9,22H,1-2H3,(H,20,23,24). The van der Waals surface area contributed by atoms with E-state index < -0.39 is 6.09 Å². The fourth-order valence-electron chi connectivity index (χ4n) is 2.09. The molecule has 0 aromatic carbocycles. The van der Waals surface area contributed by atoms with Gasteiger partial charge < -0.3 is 10.1 Å². The highest BCUT2D eigenvalue weighted by molar-refractivity contribution is 7.16. The van der Waals surface area contributed by atoms with Crippen molar-refractivity contribution in [2.24, 2.45) is 0 Å². The number of nitriles is 1. The molecule has 0 bridgehead atoms. The molecule has 0 unspecified atom stereocenters. The average Bonchev–Trinajstić information content (AvgIpc) is 2.93. The molecule has 0 saturated carbocycles. The van der Waals surface area contributed by atoms with Gasteiger partial charge >= 0.3 is 6.09 Å². The van der Waals surface area contributed by atoms with Crippen molar-refractivity contribution in [3.63, 3.8) is 0 Å². The lowest BCUT2D eigenvalue weighted by Gasteiger charge is -2.07. The molecule has 0 spiro atoms. The van der Waals surface area contributed by atoms with Gasteiger partial charge in [-0.3, -0.25) is 10.3 Å². The van der Waals surface area contributed by atoms with Crippen molar-refractivity contribution in [2.75, 3.05) is 10.6 Å². The van der Waals surface area contributed by atoms with E-state index in [0.717, 1.165) is 5.69 Å². The maximum Gasteiger partial charge on any atom is 0.419 e. The van der Waals surface area contributed by atoms with Crippen molar-refractivity contribution in [3.8, 4) is 11.9 Å². The first kappa shape index (κ1) is 17.3. The van der Waals surface area contributed by atoms with Gasteiger partial charge in [-0.15, -0.1) is 0 Å². The average molecular weight is 366 g/mol. The molecule has 0 atom stereocenters. The molecule has 0 aliphatic carbocycles. The third-order valence-electron chi connectivity index (χ3n) is 3.14. The summed E-state index contributed by atoms with van der Waals surface area (Å²) in [5.41, 5.74) is 1.79. The summed E-state index contributed by atoms with van der Waals surface area (Å²) in [6.07, 6.45) is 2.33. The number of carbonyl (C=O) groups is 1. The maximum absolute atomic E-state index is 12.1. The highest BCUT2D eigenvalue weighted by atomic mass is 32.1. The lowest BCUT2D eigenvalue weighted by Crippen LogP contribution is -2.18. The Bertz CT molecular complexity index is 995. The quantitative estimate of drug-likeness (QED) is 0.722. The molecule has 3 rings (SSSR count). The van der Waals surface area contributed by atoms with Crippen molar-refractivity contribution >= 4 is 33.9 Å². The minimum absolute atomic E-state index is 0.139. The monoisotopic (exact) mass is 366 g/mol. The number of nitrogens with zero attached hydrogens (tertiary/aromatic N) is 4. The van der Waals surface area contributed by atoms with E-state index in [-0.39, 0.29) is 5.88 Å². The first-order valence-electron chi connectivity index (χ1n) is 7.55. The Hall–Kier alpha value is -3.51. The minimum atomic E-state index is -0.694. The van der Waals surface area contributed by atoms with E-state index >= 15 is 0 Å². The van der Waals surface area contributed by atoms with Crippen LogP contribution in [0.3, 0.4) is 0 Å². The Morgan fingerprint density at radius 2 is 2.12 bits per heavy atom. The van der Waals surface area contributed by atoms with Crippen LogP contribution in [-0.2, 0) is 0 Å². The number of hydrogen-bond donors (Lipinski definition) is 2. The second kappa shape index (κ2) is 7.58. The molecule has 0 aliphatic rings. The molecular formula is C17H14N6O2S. The fraction of sp³-hybridized carbons (Fsp3) is 0.118. The summed E-state index contributed by atoms with van der Waals surface area (Å²) in [6.45, 7) is 3.62. The van der Waals surface area contributed by atoms with Gasteiger partial charge in [0.05, 0.1) is 22.5 Å². The lowest BCUT2D eigenvalue weighted by molar-refractivity contribution is 0.213. The van der Waals surface area contributed by atoms with E-state index in [1.54, 1.807) is 31.3 Å². The number of aromatic nitrogens is 3. The summed E-state index contributed by atoms with van der Waals surface area (Å²) < 4.78 is 5.30. The SMILES string of the molecule is Cc1cccc(NC(=O)Oc2nc(C)sc2Nc2cncc(C#N)c2)n1. The number of pyridine rings is 2. The number of amides is 1. The van der Waals surface area contributed by atoms with Crippen LogP contribution in [0.15, 0.2) is 36.7 Å². The normalized spacial score (nSPS) is 10.0. The third kappa shape index (κ3) is 4.31. The molecule has 3 heterocycles. The lowest BCUT2D eigenvalue weighted by atomic mass is 10.3. The number of nitrogens with one attached hydrogen (secondary N) is 2. The first-order valence-corrected chi connectivity index (χ1v) is 8.37. The number of thiazole rings is 1. The predicted octanol–water partition coefficient (Wildman–Crippen LogP) is 3.78. The number of anilines is 3. The molecule has 2 N–H and O–H groups in total. The van der Waals surface area contributed by atoms with Crippen LogP contribution in [0.25, 0.3) is 0 Å². The second-order valence-electron chi connectivity index (χ2n) is 5.24. The van der Waals surface area contributed by atoms with Gasteiger partial charge in [-0.2, -0.15) is 5.26 Å². The zero-order chi connectivity index (χ0) is 18.5. The highest BCUT2D eigenvalue weighted by Gasteiger charge is 2.16. The fourth-order valence-corrected chi connectivity index (χ4v) is 2.85. The Labute approximate surface area is 153 Å². The molecule has 130 valence electrons. The molecule has 3 aromatic heterocycles. The number of hydrogen-bond acceptors (Lipinski definition) is 8. The molecule has 0 radical (unpaired) electrons. The van der Waals surface area contributed by atoms with Crippen LogP contribution in [0.1, 0.15) is 16.3 Å². The highest BCUT2D eigenvalue weighted by Crippen LogP contribution is 2.33. The zero-order valence-electron chi connectivity index (χ0n) is 14.0. The van der Waals surface area contributed by atoms with E-state index in [4.69, 9.17) is 10.00 Å². The van der Waals surface area contributed by atoms with Gasteiger partial charge in [-0.25, -0.2) is 14.8 Å². The molecule has 1 amide bonds. The van der Waals surface area contributed by atoms with Gasteiger partial charge in [0.2, 0.25) is 0 Å². The van der Waals surface area contributed by atoms with Crippen LogP contribution < -0.4 is 15.4 Å². The van der Waals surface area contributed by atoms with E-state index in [9.17, 15) is 4.79 Å². The molecule has 0 aliphatic heterocycles. The number of aryl methyl sites for hydroxylation is 2. The van der Waals surface area contributed by atoms with Crippen LogP contribution >= 0.6 is 11.3 Å². The molecule has 9 heteroatoms. The van der Waals surface area contributed by atoms with E-state index in [2.05, 4.69) is 25.6 Å². The number of ether oxygens (including phenoxy) is 1. The Morgan fingerprint density at radius 3 is 2.88 bits per heavy atom. The Kier molecular flexibility index (Phi) is 5.05. The van der Waals surface area contributed by atoms with Gasteiger partial charge in [0.1, 0.15) is 11.9 Å². The molecule has 0 saturated heterocycles. The first-order chi connectivity index (χ1) is 12.5. The van der Waals surface area contributed by atoms with Gasteiger partial charge in [0, 0.05) is 11.9 Å². The summed E-state index contributed by atoms with van der Waals surface area (Å²) in [7, 11) is 0. The molecule has 3 aromatic rings. The minimum Gasteiger partial charge on any atom is -0.388 e. The molecule has 0 fully saturated rings. The molecule has 26 heavy (non-hydrogen) atoms. The summed E-state index contributed by atoms with van der Waals surface area (Å²) in [5, 5.41) is 15.8. The van der Waals surface area contributed by atoms with Crippen LogP contribution in [0.2, 0.25) is 0 Å². The van der Waals surface area contributed by atoms with Gasteiger partial charge in [0.25, 0.3) is 5.88 Å².